The van der Waals surface area contributed by atoms with E-state index in [2.05, 4.69) is 5.32 Å². The topological polar surface area (TPSA) is 85.7 Å². The number of nitrogens with one attached hydrogen (secondary N) is 1. The number of piperazine rings is 1. The number of carbonyl (C=O) groups excluding carboxylic acids is 2. The molecule has 2 rings (SSSR count). The third-order valence-corrected chi connectivity index (χ3v) is 4.34. The van der Waals surface area contributed by atoms with Gasteiger partial charge in [-0.15, -0.1) is 0 Å². The summed E-state index contributed by atoms with van der Waals surface area (Å²) in [5.74, 6) is 0.518. The average Bonchev–Trinajstić information content (AvgIpc) is 2.68. The smallest absolute Gasteiger partial charge is 0.266 e. The number of nitriles is 1. The summed E-state index contributed by atoms with van der Waals surface area (Å²) in [4.78, 5) is 27.1. The van der Waals surface area contributed by atoms with Crippen LogP contribution in [0.4, 0.5) is 0 Å². The average molecular weight is 356 g/mol. The van der Waals surface area contributed by atoms with Crippen LogP contribution >= 0.6 is 0 Å². The summed E-state index contributed by atoms with van der Waals surface area (Å²) in [7, 11) is 1.63. The minimum absolute atomic E-state index is 0.00570. The SMILES string of the molecule is COc1ccccc1CCN/C=C(/C#N)C(=O)N1CCN(C(C)=O)CC1. The summed E-state index contributed by atoms with van der Waals surface area (Å²) in [6.07, 6.45) is 2.18. The van der Waals surface area contributed by atoms with Gasteiger partial charge in [0, 0.05) is 45.8 Å². The summed E-state index contributed by atoms with van der Waals surface area (Å²) in [6.45, 7) is 3.99. The minimum atomic E-state index is -0.305. The van der Waals surface area contributed by atoms with Gasteiger partial charge in [-0.05, 0) is 18.1 Å². The van der Waals surface area contributed by atoms with Gasteiger partial charge in [0.15, 0.2) is 0 Å². The molecule has 1 N–H and O–H groups in total. The monoisotopic (exact) mass is 356 g/mol. The number of hydrogen-bond acceptors (Lipinski definition) is 5. The Morgan fingerprint density at radius 3 is 2.50 bits per heavy atom. The first kappa shape index (κ1) is 19.3. The maximum Gasteiger partial charge on any atom is 0.266 e. The zero-order valence-corrected chi connectivity index (χ0v) is 15.2. The lowest BCUT2D eigenvalue weighted by molar-refractivity contribution is -0.136. The maximum absolute atomic E-state index is 12.4. The summed E-state index contributed by atoms with van der Waals surface area (Å²) < 4.78 is 5.30. The molecule has 0 aliphatic carbocycles. The van der Waals surface area contributed by atoms with Gasteiger partial charge in [0.25, 0.3) is 5.91 Å². The van der Waals surface area contributed by atoms with E-state index in [0.29, 0.717) is 39.1 Å². The first-order valence-electron chi connectivity index (χ1n) is 8.57. The zero-order valence-electron chi connectivity index (χ0n) is 15.2. The minimum Gasteiger partial charge on any atom is -0.496 e. The van der Waals surface area contributed by atoms with Gasteiger partial charge in [-0.2, -0.15) is 5.26 Å². The predicted octanol–water partition coefficient (Wildman–Crippen LogP) is 0.925. The van der Waals surface area contributed by atoms with Gasteiger partial charge in [0.2, 0.25) is 5.91 Å². The van der Waals surface area contributed by atoms with Crippen LogP contribution in [0.3, 0.4) is 0 Å². The lowest BCUT2D eigenvalue weighted by Crippen LogP contribution is -2.50. The normalized spacial score (nSPS) is 14.6. The van der Waals surface area contributed by atoms with E-state index in [0.717, 1.165) is 11.3 Å². The summed E-state index contributed by atoms with van der Waals surface area (Å²) in [5, 5.41) is 12.3. The van der Waals surface area contributed by atoms with Crippen molar-refractivity contribution in [2.24, 2.45) is 0 Å². The summed E-state index contributed by atoms with van der Waals surface area (Å²) in [6, 6.07) is 9.69. The Morgan fingerprint density at radius 2 is 1.88 bits per heavy atom. The highest BCUT2D eigenvalue weighted by Gasteiger charge is 2.24. The van der Waals surface area contributed by atoms with Crippen LogP contribution in [0.1, 0.15) is 12.5 Å². The number of rotatable bonds is 6. The molecule has 1 aliphatic heterocycles. The first-order valence-corrected chi connectivity index (χ1v) is 8.57. The quantitative estimate of drug-likeness (QED) is 0.465. The highest BCUT2D eigenvalue weighted by molar-refractivity contribution is 5.97. The number of ether oxygens (including phenoxy) is 1. The molecular formula is C19H24N4O3. The third kappa shape index (κ3) is 4.99. The molecule has 0 bridgehead atoms. The molecule has 1 aliphatic rings. The van der Waals surface area contributed by atoms with Gasteiger partial charge < -0.3 is 19.9 Å². The van der Waals surface area contributed by atoms with E-state index in [1.54, 1.807) is 16.9 Å². The number of hydrogen-bond donors (Lipinski definition) is 1. The Morgan fingerprint density at radius 1 is 1.23 bits per heavy atom. The van der Waals surface area contributed by atoms with Gasteiger partial charge >= 0.3 is 0 Å². The molecule has 7 nitrogen and oxygen atoms in total. The molecule has 7 heteroatoms. The molecule has 0 atom stereocenters. The number of nitrogens with zero attached hydrogens (tertiary/aromatic N) is 3. The van der Waals surface area contributed by atoms with Gasteiger partial charge in [-0.1, -0.05) is 18.2 Å². The van der Waals surface area contributed by atoms with Crippen molar-refractivity contribution >= 4 is 11.8 Å². The first-order chi connectivity index (χ1) is 12.6. The van der Waals surface area contributed by atoms with Crippen molar-refractivity contribution in [3.8, 4) is 11.8 Å². The second kappa shape index (κ2) is 9.47. The summed E-state index contributed by atoms with van der Waals surface area (Å²) >= 11 is 0. The Balaban J connectivity index is 1.87. The molecule has 26 heavy (non-hydrogen) atoms. The van der Waals surface area contributed by atoms with E-state index in [9.17, 15) is 14.9 Å². The zero-order chi connectivity index (χ0) is 18.9. The molecule has 0 unspecified atom stereocenters. The van der Waals surface area contributed by atoms with Crippen LogP contribution in [-0.2, 0) is 16.0 Å². The van der Waals surface area contributed by atoms with Crippen LogP contribution < -0.4 is 10.1 Å². The molecule has 1 heterocycles. The van der Waals surface area contributed by atoms with Gasteiger partial charge in [0.1, 0.15) is 17.4 Å². The van der Waals surface area contributed by atoms with E-state index >= 15 is 0 Å². The molecule has 2 amide bonds. The van der Waals surface area contributed by atoms with Crippen molar-refractivity contribution in [2.45, 2.75) is 13.3 Å². The Kier molecular flexibility index (Phi) is 7.03. The van der Waals surface area contributed by atoms with Crippen LogP contribution in [0, 0.1) is 11.3 Å². The highest BCUT2D eigenvalue weighted by atomic mass is 16.5. The highest BCUT2D eigenvalue weighted by Crippen LogP contribution is 2.17. The molecule has 1 saturated heterocycles. The van der Waals surface area contributed by atoms with Crippen LogP contribution in [0.25, 0.3) is 0 Å². The molecule has 0 radical (unpaired) electrons. The number of para-hydroxylation sites is 1. The number of amides is 2. The predicted molar refractivity (Wildman–Crippen MR) is 97.2 cm³/mol. The van der Waals surface area contributed by atoms with Crippen molar-refractivity contribution in [3.05, 3.63) is 41.6 Å². The Hall–Kier alpha value is -3.01. The molecule has 1 aromatic carbocycles. The van der Waals surface area contributed by atoms with Crippen LogP contribution in [0.5, 0.6) is 5.75 Å². The lowest BCUT2D eigenvalue weighted by atomic mass is 10.1. The molecule has 0 spiro atoms. The van der Waals surface area contributed by atoms with Gasteiger partial charge in [-0.3, -0.25) is 9.59 Å². The number of methoxy groups -OCH3 is 1. The van der Waals surface area contributed by atoms with Crippen molar-refractivity contribution in [2.75, 3.05) is 39.8 Å². The van der Waals surface area contributed by atoms with E-state index in [1.165, 1.54) is 13.1 Å². The second-order valence-electron chi connectivity index (χ2n) is 5.98. The standard InChI is InChI=1S/C19H24N4O3/c1-15(24)22-9-11-23(12-10-22)19(25)17(13-20)14-21-8-7-16-5-3-4-6-18(16)26-2/h3-6,14,21H,7-12H2,1-2H3/b17-14-. The van der Waals surface area contributed by atoms with Gasteiger partial charge in [-0.25, -0.2) is 0 Å². The lowest BCUT2D eigenvalue weighted by Gasteiger charge is -2.34. The van der Waals surface area contributed by atoms with E-state index < -0.39 is 0 Å². The summed E-state index contributed by atoms with van der Waals surface area (Å²) in [5.41, 5.74) is 1.13. The molecule has 1 fully saturated rings. The maximum atomic E-state index is 12.4. The molecule has 0 aromatic heterocycles. The number of carbonyl (C=O) groups is 2. The largest absolute Gasteiger partial charge is 0.496 e. The van der Waals surface area contributed by atoms with Crippen LogP contribution in [-0.4, -0.2) is 61.4 Å². The Labute approximate surface area is 153 Å². The number of benzene rings is 1. The third-order valence-electron chi connectivity index (χ3n) is 4.34. The second-order valence-corrected chi connectivity index (χ2v) is 5.98. The van der Waals surface area contributed by atoms with Crippen LogP contribution in [0.2, 0.25) is 0 Å². The van der Waals surface area contributed by atoms with E-state index in [-0.39, 0.29) is 17.4 Å². The van der Waals surface area contributed by atoms with Crippen molar-refractivity contribution in [1.82, 2.24) is 15.1 Å². The van der Waals surface area contributed by atoms with Crippen molar-refractivity contribution in [3.63, 3.8) is 0 Å². The Bertz CT molecular complexity index is 716. The fourth-order valence-electron chi connectivity index (χ4n) is 2.83. The van der Waals surface area contributed by atoms with Crippen LogP contribution in [0.15, 0.2) is 36.0 Å². The van der Waals surface area contributed by atoms with E-state index in [1.807, 2.05) is 30.3 Å². The van der Waals surface area contributed by atoms with Crippen molar-refractivity contribution in [1.29, 1.82) is 5.26 Å². The molecule has 0 saturated carbocycles. The fourth-order valence-corrected chi connectivity index (χ4v) is 2.83. The molecule has 138 valence electrons. The molecule has 1 aromatic rings. The van der Waals surface area contributed by atoms with Crippen molar-refractivity contribution < 1.29 is 14.3 Å². The van der Waals surface area contributed by atoms with E-state index in [4.69, 9.17) is 4.74 Å². The fraction of sp³-hybridized carbons (Fsp3) is 0.421. The van der Waals surface area contributed by atoms with Gasteiger partial charge in [0.05, 0.1) is 7.11 Å². The molecular weight excluding hydrogens is 332 g/mol.